The first-order valence-electron chi connectivity index (χ1n) is 8.90. The molecule has 25 heavy (non-hydrogen) atoms. The third-order valence-electron chi connectivity index (χ3n) is 3.81. The third-order valence-corrected chi connectivity index (χ3v) is 3.81. The molecule has 0 unspecified atom stereocenters. The third kappa shape index (κ3) is 6.24. The number of ether oxygens (including phenoxy) is 2. The van der Waals surface area contributed by atoms with Gasteiger partial charge in [0.1, 0.15) is 5.75 Å². The van der Waals surface area contributed by atoms with Crippen molar-refractivity contribution < 1.29 is 14.3 Å². The van der Waals surface area contributed by atoms with Crippen LogP contribution in [0.1, 0.15) is 48.2 Å². The quantitative estimate of drug-likeness (QED) is 0.654. The zero-order chi connectivity index (χ0) is 17.9. The van der Waals surface area contributed by atoms with Crippen molar-refractivity contribution in [3.8, 4) is 5.75 Å². The first-order chi connectivity index (χ1) is 12.2. The van der Waals surface area contributed by atoms with E-state index in [4.69, 9.17) is 9.47 Å². The molecule has 2 aromatic rings. The Hall–Kier alpha value is -2.33. The van der Waals surface area contributed by atoms with Crippen LogP contribution in [0.25, 0.3) is 0 Å². The highest BCUT2D eigenvalue weighted by molar-refractivity contribution is 5.94. The van der Waals surface area contributed by atoms with Crippen molar-refractivity contribution in [2.24, 2.45) is 0 Å². The van der Waals surface area contributed by atoms with Gasteiger partial charge in [0.05, 0.1) is 19.8 Å². The molecule has 0 aromatic heterocycles. The van der Waals surface area contributed by atoms with Gasteiger partial charge in [-0.15, -0.1) is 0 Å². The second-order valence-electron chi connectivity index (χ2n) is 5.84. The largest absolute Gasteiger partial charge is 0.494 e. The van der Waals surface area contributed by atoms with Crippen LogP contribution in [0.3, 0.4) is 0 Å². The number of benzene rings is 2. The normalized spacial score (nSPS) is 10.5. The van der Waals surface area contributed by atoms with Gasteiger partial charge < -0.3 is 14.8 Å². The molecule has 0 saturated carbocycles. The minimum atomic E-state index is -0.0548. The summed E-state index contributed by atoms with van der Waals surface area (Å²) in [4.78, 5) is 12.2. The van der Waals surface area contributed by atoms with Crippen molar-refractivity contribution in [2.75, 3.05) is 13.2 Å². The lowest BCUT2D eigenvalue weighted by atomic mass is 10.1. The van der Waals surface area contributed by atoms with Crippen LogP contribution in [0.15, 0.2) is 48.5 Å². The molecule has 0 fully saturated rings. The fraction of sp³-hybridized carbons (Fsp3) is 0.381. The van der Waals surface area contributed by atoms with Gasteiger partial charge in [-0.05, 0) is 37.1 Å². The lowest BCUT2D eigenvalue weighted by molar-refractivity contribution is 0.0950. The maximum atomic E-state index is 12.2. The second-order valence-corrected chi connectivity index (χ2v) is 5.84. The van der Waals surface area contributed by atoms with Crippen LogP contribution < -0.4 is 10.1 Å². The van der Waals surface area contributed by atoms with Crippen molar-refractivity contribution in [3.05, 3.63) is 65.2 Å². The summed E-state index contributed by atoms with van der Waals surface area (Å²) in [5, 5.41) is 2.94. The number of rotatable bonds is 10. The van der Waals surface area contributed by atoms with Crippen molar-refractivity contribution in [1.29, 1.82) is 0 Å². The fourth-order valence-electron chi connectivity index (χ4n) is 2.46. The Kier molecular flexibility index (Phi) is 7.99. The van der Waals surface area contributed by atoms with E-state index in [1.165, 1.54) is 0 Å². The van der Waals surface area contributed by atoms with Crippen molar-refractivity contribution in [1.82, 2.24) is 5.32 Å². The monoisotopic (exact) mass is 341 g/mol. The predicted molar refractivity (Wildman–Crippen MR) is 99.8 cm³/mol. The molecule has 0 heterocycles. The number of nitrogens with one attached hydrogen (secondary N) is 1. The maximum absolute atomic E-state index is 12.2. The van der Waals surface area contributed by atoms with E-state index in [9.17, 15) is 4.79 Å². The van der Waals surface area contributed by atoms with Crippen LogP contribution in [0.4, 0.5) is 0 Å². The molecular formula is C21H27NO3. The standard InChI is InChI=1S/C21H27NO3/c1-3-5-13-22-21(23)18-11-12-20(25-4-2)19(14-18)16-24-15-17-9-7-6-8-10-17/h6-12,14H,3-5,13,15-16H2,1-2H3,(H,22,23). The lowest BCUT2D eigenvalue weighted by Gasteiger charge is -2.13. The van der Waals surface area contributed by atoms with Crippen molar-refractivity contribution >= 4 is 5.91 Å². The SMILES string of the molecule is CCCCNC(=O)c1ccc(OCC)c(COCc2ccccc2)c1. The molecule has 0 aliphatic carbocycles. The Morgan fingerprint density at radius 3 is 2.56 bits per heavy atom. The van der Waals surface area contributed by atoms with Gasteiger partial charge in [-0.25, -0.2) is 0 Å². The predicted octanol–water partition coefficient (Wildman–Crippen LogP) is 4.33. The van der Waals surface area contributed by atoms with Crippen LogP contribution in [0, 0.1) is 0 Å². The van der Waals surface area contributed by atoms with Crippen molar-refractivity contribution in [2.45, 2.75) is 39.9 Å². The number of hydrogen-bond acceptors (Lipinski definition) is 3. The average Bonchev–Trinajstić information content (AvgIpc) is 2.64. The Bertz CT molecular complexity index is 655. The van der Waals surface area contributed by atoms with Crippen molar-refractivity contribution in [3.63, 3.8) is 0 Å². The van der Waals surface area contributed by atoms with E-state index in [1.54, 1.807) is 6.07 Å². The molecule has 4 nitrogen and oxygen atoms in total. The summed E-state index contributed by atoms with van der Waals surface area (Å²) in [5.41, 5.74) is 2.65. The van der Waals surface area contributed by atoms with Crippen LogP contribution in [0.2, 0.25) is 0 Å². The van der Waals surface area contributed by atoms with E-state index in [0.29, 0.717) is 31.9 Å². The highest BCUT2D eigenvalue weighted by atomic mass is 16.5. The molecule has 1 amide bonds. The van der Waals surface area contributed by atoms with E-state index < -0.39 is 0 Å². The zero-order valence-corrected chi connectivity index (χ0v) is 15.1. The molecule has 134 valence electrons. The Morgan fingerprint density at radius 2 is 1.84 bits per heavy atom. The minimum Gasteiger partial charge on any atom is -0.494 e. The molecular weight excluding hydrogens is 314 g/mol. The zero-order valence-electron chi connectivity index (χ0n) is 15.1. The number of amides is 1. The molecule has 0 aliphatic rings. The van der Waals surface area contributed by atoms with Crippen LogP contribution in [-0.4, -0.2) is 19.1 Å². The first kappa shape index (κ1) is 19.0. The molecule has 2 rings (SSSR count). The number of carbonyl (C=O) groups excluding carboxylic acids is 1. The summed E-state index contributed by atoms with van der Waals surface area (Å²) >= 11 is 0. The maximum Gasteiger partial charge on any atom is 0.251 e. The number of unbranched alkanes of at least 4 members (excludes halogenated alkanes) is 1. The highest BCUT2D eigenvalue weighted by Gasteiger charge is 2.10. The van der Waals surface area contributed by atoms with Gasteiger partial charge >= 0.3 is 0 Å². The van der Waals surface area contributed by atoms with E-state index in [-0.39, 0.29) is 5.91 Å². The number of carbonyl (C=O) groups is 1. The topological polar surface area (TPSA) is 47.6 Å². The van der Waals surface area contributed by atoms with Gasteiger partial charge in [-0.1, -0.05) is 43.7 Å². The first-order valence-corrected chi connectivity index (χ1v) is 8.90. The minimum absolute atomic E-state index is 0.0548. The molecule has 0 bridgehead atoms. The molecule has 1 N–H and O–H groups in total. The molecule has 4 heteroatoms. The van der Waals surface area contributed by atoms with E-state index >= 15 is 0 Å². The Balaban J connectivity index is 2.02. The lowest BCUT2D eigenvalue weighted by Crippen LogP contribution is -2.24. The van der Waals surface area contributed by atoms with Gasteiger partial charge in [-0.2, -0.15) is 0 Å². The molecule has 0 aliphatic heterocycles. The molecule has 0 radical (unpaired) electrons. The van der Waals surface area contributed by atoms with Crippen LogP contribution in [-0.2, 0) is 18.0 Å². The smallest absolute Gasteiger partial charge is 0.251 e. The fourth-order valence-corrected chi connectivity index (χ4v) is 2.46. The molecule has 0 atom stereocenters. The average molecular weight is 341 g/mol. The summed E-state index contributed by atoms with van der Waals surface area (Å²) in [5.74, 6) is 0.710. The Morgan fingerprint density at radius 1 is 1.04 bits per heavy atom. The summed E-state index contributed by atoms with van der Waals surface area (Å²) in [7, 11) is 0. The van der Waals surface area contributed by atoms with E-state index in [2.05, 4.69) is 12.2 Å². The van der Waals surface area contributed by atoms with Gasteiger partial charge in [0.15, 0.2) is 0 Å². The Labute approximate surface area is 150 Å². The van der Waals surface area contributed by atoms with Gasteiger partial charge in [0.25, 0.3) is 5.91 Å². The summed E-state index contributed by atoms with van der Waals surface area (Å²) in [6.07, 6.45) is 2.04. The number of hydrogen-bond donors (Lipinski definition) is 1. The van der Waals surface area contributed by atoms with E-state index in [1.807, 2.05) is 49.4 Å². The van der Waals surface area contributed by atoms with Gasteiger partial charge in [-0.3, -0.25) is 4.79 Å². The van der Waals surface area contributed by atoms with Gasteiger partial charge in [0.2, 0.25) is 0 Å². The van der Waals surface area contributed by atoms with Gasteiger partial charge in [0, 0.05) is 17.7 Å². The summed E-state index contributed by atoms with van der Waals surface area (Å²) in [6.45, 7) is 6.25. The molecule has 0 spiro atoms. The van der Waals surface area contributed by atoms with Crippen LogP contribution in [0.5, 0.6) is 5.75 Å². The van der Waals surface area contributed by atoms with E-state index in [0.717, 1.165) is 29.7 Å². The van der Waals surface area contributed by atoms with Crippen LogP contribution >= 0.6 is 0 Å². The molecule has 0 saturated heterocycles. The highest BCUT2D eigenvalue weighted by Crippen LogP contribution is 2.22. The summed E-state index contributed by atoms with van der Waals surface area (Å²) in [6, 6.07) is 15.5. The molecule has 2 aromatic carbocycles. The second kappa shape index (κ2) is 10.5. The summed E-state index contributed by atoms with van der Waals surface area (Å²) < 4.78 is 11.5.